The molecule has 0 saturated carbocycles. The molecule has 5 rings (SSSR count). The lowest BCUT2D eigenvalue weighted by molar-refractivity contribution is -0.141. The molecule has 2 atom stereocenters. The Hall–Kier alpha value is -3.34. The highest BCUT2D eigenvalue weighted by Crippen LogP contribution is 2.46. The van der Waals surface area contributed by atoms with Gasteiger partial charge in [0.15, 0.2) is 0 Å². The molecule has 1 aromatic carbocycles. The van der Waals surface area contributed by atoms with Gasteiger partial charge in [-0.1, -0.05) is 12.1 Å². The maximum atomic E-state index is 12.9. The van der Waals surface area contributed by atoms with Gasteiger partial charge in [0, 0.05) is 30.0 Å². The van der Waals surface area contributed by atoms with Crippen LogP contribution in [0.3, 0.4) is 0 Å². The van der Waals surface area contributed by atoms with Gasteiger partial charge in [-0.15, -0.1) is 0 Å². The van der Waals surface area contributed by atoms with Gasteiger partial charge >= 0.3 is 0 Å². The molecule has 1 spiro atoms. The normalized spacial score (nSPS) is 24.5. The number of benzene rings is 1. The molecule has 10 nitrogen and oxygen atoms in total. The Morgan fingerprint density at radius 3 is 2.91 bits per heavy atom. The van der Waals surface area contributed by atoms with Crippen LogP contribution in [0.15, 0.2) is 36.5 Å². The summed E-state index contributed by atoms with van der Waals surface area (Å²) in [6.07, 6.45) is 2.81. The Bertz CT molecular complexity index is 1150. The van der Waals surface area contributed by atoms with Crippen molar-refractivity contribution in [3.63, 3.8) is 0 Å². The first-order valence-corrected chi connectivity index (χ1v) is 11.8. The number of carbonyl (C=O) groups excluding carboxylic acids is 3. The van der Waals surface area contributed by atoms with Crippen molar-refractivity contribution < 1.29 is 23.9 Å². The van der Waals surface area contributed by atoms with E-state index in [1.54, 1.807) is 6.20 Å². The summed E-state index contributed by atoms with van der Waals surface area (Å²) >= 11 is 0. The molecule has 0 radical (unpaired) electrons. The summed E-state index contributed by atoms with van der Waals surface area (Å²) < 4.78 is 10.7. The Balaban J connectivity index is 1.27. The summed E-state index contributed by atoms with van der Waals surface area (Å²) in [7, 11) is 0. The topological polar surface area (TPSA) is 122 Å². The highest BCUT2D eigenvalue weighted by molar-refractivity contribution is 6.06. The van der Waals surface area contributed by atoms with Crippen molar-refractivity contribution in [2.75, 3.05) is 50.3 Å². The molecule has 2 aliphatic heterocycles. The molecule has 0 bridgehead atoms. The molecule has 3 amide bonds. The van der Waals surface area contributed by atoms with Crippen molar-refractivity contribution in [3.8, 4) is 0 Å². The number of nitrogens with one attached hydrogen (secondary N) is 3. The van der Waals surface area contributed by atoms with Crippen LogP contribution in [0.2, 0.25) is 0 Å². The smallest absolute Gasteiger partial charge is 0.249 e. The van der Waals surface area contributed by atoms with Gasteiger partial charge in [0.25, 0.3) is 0 Å². The van der Waals surface area contributed by atoms with Gasteiger partial charge in [0.05, 0.1) is 25.4 Å². The SMILES string of the molecule is C[C@@H]1CNCOCCOCC(=O)N1CC(=O)Nc1ccc2c(c1)C[C@@]1(C2)C(=O)Nc2ncccc21. The first kappa shape index (κ1) is 23.4. The number of nitrogens with zero attached hydrogens (tertiary/aromatic N) is 2. The Kier molecular flexibility index (Phi) is 6.50. The van der Waals surface area contributed by atoms with Crippen molar-refractivity contribution in [1.82, 2.24) is 15.2 Å². The van der Waals surface area contributed by atoms with E-state index >= 15 is 0 Å². The number of hydrogen-bond donors (Lipinski definition) is 3. The zero-order valence-electron chi connectivity index (χ0n) is 19.6. The third-order valence-corrected chi connectivity index (χ3v) is 6.87. The molecule has 1 aromatic heterocycles. The largest absolute Gasteiger partial charge is 0.369 e. The number of anilines is 2. The molecule has 3 heterocycles. The zero-order valence-corrected chi connectivity index (χ0v) is 19.6. The highest BCUT2D eigenvalue weighted by Gasteiger charge is 2.51. The third kappa shape index (κ3) is 4.64. The van der Waals surface area contributed by atoms with Gasteiger partial charge in [-0.05, 0) is 49.1 Å². The maximum Gasteiger partial charge on any atom is 0.249 e. The molecule has 35 heavy (non-hydrogen) atoms. The monoisotopic (exact) mass is 479 g/mol. The van der Waals surface area contributed by atoms with Crippen molar-refractivity contribution in [2.24, 2.45) is 0 Å². The second-order valence-corrected chi connectivity index (χ2v) is 9.25. The lowest BCUT2D eigenvalue weighted by Gasteiger charge is -2.28. The number of rotatable bonds is 3. The lowest BCUT2D eigenvalue weighted by atomic mass is 9.79. The van der Waals surface area contributed by atoms with E-state index in [9.17, 15) is 14.4 Å². The molecular weight excluding hydrogens is 450 g/mol. The quantitative estimate of drug-likeness (QED) is 0.596. The van der Waals surface area contributed by atoms with E-state index in [0.29, 0.717) is 50.8 Å². The van der Waals surface area contributed by atoms with Crippen LogP contribution in [0.5, 0.6) is 0 Å². The van der Waals surface area contributed by atoms with Crippen molar-refractivity contribution in [1.29, 1.82) is 0 Å². The van der Waals surface area contributed by atoms with Crippen molar-refractivity contribution >= 4 is 29.2 Å². The predicted octanol–water partition coefficient (Wildman–Crippen LogP) is 0.820. The van der Waals surface area contributed by atoms with E-state index in [4.69, 9.17) is 9.47 Å². The average molecular weight is 480 g/mol. The average Bonchev–Trinajstić information content (AvgIpc) is 3.35. The number of ether oxygens (including phenoxy) is 2. The molecular formula is C25H29N5O5. The van der Waals surface area contributed by atoms with Crippen LogP contribution < -0.4 is 16.0 Å². The third-order valence-electron chi connectivity index (χ3n) is 6.87. The molecule has 184 valence electrons. The molecule has 1 saturated heterocycles. The fourth-order valence-electron chi connectivity index (χ4n) is 5.07. The van der Waals surface area contributed by atoms with E-state index in [0.717, 1.165) is 16.7 Å². The standard InChI is InChI=1S/C25H29N5O5/c1-16-12-26-15-35-8-7-34-14-22(32)30(16)13-21(31)28-19-5-4-17-10-25(11-18(17)9-19)20-3-2-6-27-23(20)29-24(25)33/h2-6,9,16,26H,7-8,10-15H2,1H3,(H,28,31)(H,27,29,33)/t16-,25-/m1/s1. The fraction of sp³-hybridized carbons (Fsp3) is 0.440. The van der Waals surface area contributed by atoms with Gasteiger partial charge in [-0.25, -0.2) is 4.98 Å². The van der Waals surface area contributed by atoms with Crippen molar-refractivity contribution in [3.05, 3.63) is 53.2 Å². The summed E-state index contributed by atoms with van der Waals surface area (Å²) in [6, 6.07) is 9.30. The number of aromatic nitrogens is 1. The minimum atomic E-state index is -0.659. The summed E-state index contributed by atoms with van der Waals surface area (Å²) in [5.41, 5.74) is 2.99. The van der Waals surface area contributed by atoms with Gasteiger partial charge in [0.2, 0.25) is 17.7 Å². The zero-order chi connectivity index (χ0) is 24.4. The number of carbonyl (C=O) groups is 3. The Morgan fingerprint density at radius 2 is 2.03 bits per heavy atom. The molecule has 3 N–H and O–H groups in total. The number of pyridine rings is 1. The second kappa shape index (κ2) is 9.73. The maximum absolute atomic E-state index is 12.9. The van der Waals surface area contributed by atoms with Gasteiger partial charge in [-0.2, -0.15) is 0 Å². The van der Waals surface area contributed by atoms with E-state index in [-0.39, 0.29) is 36.9 Å². The van der Waals surface area contributed by atoms with Crippen LogP contribution in [-0.2, 0) is 42.1 Å². The second-order valence-electron chi connectivity index (χ2n) is 9.25. The number of amides is 3. The predicted molar refractivity (Wildman–Crippen MR) is 128 cm³/mol. The molecule has 3 aliphatic rings. The minimum absolute atomic E-state index is 0.0404. The van der Waals surface area contributed by atoms with Crippen LogP contribution in [0.1, 0.15) is 23.6 Å². The van der Waals surface area contributed by atoms with Crippen LogP contribution in [-0.4, -0.2) is 73.3 Å². The summed E-state index contributed by atoms with van der Waals surface area (Å²) in [6.45, 7) is 3.27. The first-order valence-electron chi connectivity index (χ1n) is 11.8. The van der Waals surface area contributed by atoms with E-state index in [2.05, 4.69) is 20.9 Å². The van der Waals surface area contributed by atoms with Gasteiger partial charge in [0.1, 0.15) is 19.0 Å². The Labute approximate surface area is 203 Å². The highest BCUT2D eigenvalue weighted by atomic mass is 16.5. The van der Waals surface area contributed by atoms with Crippen molar-refractivity contribution in [2.45, 2.75) is 31.2 Å². The summed E-state index contributed by atoms with van der Waals surface area (Å²) in [5.74, 6) is 0.0447. The van der Waals surface area contributed by atoms with E-state index in [1.165, 1.54) is 4.90 Å². The summed E-state index contributed by atoms with van der Waals surface area (Å²) in [5, 5.41) is 8.95. The molecule has 10 heteroatoms. The molecule has 1 aliphatic carbocycles. The van der Waals surface area contributed by atoms with Gasteiger partial charge in [-0.3, -0.25) is 19.7 Å². The molecule has 1 fully saturated rings. The molecule has 0 unspecified atom stereocenters. The minimum Gasteiger partial charge on any atom is -0.369 e. The van der Waals surface area contributed by atoms with E-state index < -0.39 is 5.41 Å². The lowest BCUT2D eigenvalue weighted by Crippen LogP contribution is -2.48. The number of fused-ring (bicyclic) bond motifs is 3. The fourth-order valence-corrected chi connectivity index (χ4v) is 5.07. The summed E-state index contributed by atoms with van der Waals surface area (Å²) in [4.78, 5) is 44.3. The van der Waals surface area contributed by atoms with Crippen LogP contribution in [0.25, 0.3) is 0 Å². The van der Waals surface area contributed by atoms with Crippen LogP contribution >= 0.6 is 0 Å². The molecule has 2 aromatic rings. The van der Waals surface area contributed by atoms with E-state index in [1.807, 2.05) is 37.3 Å². The number of hydrogen-bond acceptors (Lipinski definition) is 7. The van der Waals surface area contributed by atoms with Crippen LogP contribution in [0, 0.1) is 0 Å². The van der Waals surface area contributed by atoms with Crippen LogP contribution in [0.4, 0.5) is 11.5 Å². The first-order chi connectivity index (χ1) is 17.0. The Morgan fingerprint density at radius 1 is 1.20 bits per heavy atom. The van der Waals surface area contributed by atoms with Gasteiger partial charge < -0.3 is 25.0 Å².